The van der Waals surface area contributed by atoms with Crippen molar-refractivity contribution in [2.24, 2.45) is 0 Å². The molecule has 1 N–H and O–H groups in total. The molecule has 0 aromatic heterocycles. The van der Waals surface area contributed by atoms with E-state index in [-0.39, 0.29) is 5.91 Å². The van der Waals surface area contributed by atoms with Gasteiger partial charge in [-0.25, -0.2) is 0 Å². The number of hydrogen-bond donors (Lipinski definition) is 1. The third kappa shape index (κ3) is 4.28. The van der Waals surface area contributed by atoms with Gasteiger partial charge in [0.15, 0.2) is 6.10 Å². The fourth-order valence-corrected chi connectivity index (χ4v) is 2.44. The topological polar surface area (TPSA) is 47.6 Å². The molecule has 0 heterocycles. The zero-order valence-corrected chi connectivity index (χ0v) is 14.7. The van der Waals surface area contributed by atoms with Gasteiger partial charge in [-0.05, 0) is 43.0 Å². The number of ether oxygens (including phenoxy) is 2. The van der Waals surface area contributed by atoms with E-state index >= 15 is 0 Å². The molecule has 0 fully saturated rings. The molecule has 0 bridgehead atoms. The van der Waals surface area contributed by atoms with Gasteiger partial charge in [0.05, 0.1) is 12.8 Å². The molecule has 2 rings (SSSR count). The third-order valence-electron chi connectivity index (χ3n) is 4.10. The lowest BCUT2D eigenvalue weighted by Crippen LogP contribution is -2.30. The summed E-state index contributed by atoms with van der Waals surface area (Å²) in [7, 11) is 1.58. The van der Waals surface area contributed by atoms with Crippen LogP contribution < -0.4 is 14.8 Å². The van der Waals surface area contributed by atoms with Crippen LogP contribution in [0.3, 0.4) is 0 Å². The molecular formula is C20H25NO3. The number of amides is 1. The van der Waals surface area contributed by atoms with E-state index in [4.69, 9.17) is 9.47 Å². The fraction of sp³-hybridized carbons (Fsp3) is 0.350. The van der Waals surface area contributed by atoms with E-state index in [1.807, 2.05) is 36.4 Å². The Bertz CT molecular complexity index is 684. The van der Waals surface area contributed by atoms with Crippen molar-refractivity contribution in [3.05, 3.63) is 54.1 Å². The van der Waals surface area contributed by atoms with Gasteiger partial charge >= 0.3 is 0 Å². The molecule has 1 amide bonds. The van der Waals surface area contributed by atoms with Crippen LogP contribution in [0, 0.1) is 0 Å². The second-order valence-electron chi connectivity index (χ2n) is 5.80. The Hall–Kier alpha value is -2.49. The van der Waals surface area contributed by atoms with Gasteiger partial charge in [0, 0.05) is 0 Å². The van der Waals surface area contributed by atoms with Gasteiger partial charge < -0.3 is 14.8 Å². The second-order valence-corrected chi connectivity index (χ2v) is 5.80. The van der Waals surface area contributed by atoms with Crippen molar-refractivity contribution in [1.29, 1.82) is 0 Å². The number of anilines is 1. The Kier molecular flexibility index (Phi) is 6.24. The summed E-state index contributed by atoms with van der Waals surface area (Å²) in [6.45, 7) is 6.04. The number of benzene rings is 2. The van der Waals surface area contributed by atoms with Gasteiger partial charge in [-0.15, -0.1) is 0 Å². The maximum Gasteiger partial charge on any atom is 0.265 e. The molecule has 2 unspecified atom stereocenters. The standard InChI is InChI=1S/C20H25NO3/c1-5-14(2)16-10-6-8-12-18(16)24-15(3)20(22)21-17-11-7-9-13-19(17)23-4/h6-15H,5H2,1-4H3,(H,21,22). The fourth-order valence-electron chi connectivity index (χ4n) is 2.44. The zero-order chi connectivity index (χ0) is 17.5. The number of carbonyl (C=O) groups excluding carboxylic acids is 1. The highest BCUT2D eigenvalue weighted by molar-refractivity contribution is 5.95. The van der Waals surface area contributed by atoms with E-state index in [1.54, 1.807) is 26.2 Å². The van der Waals surface area contributed by atoms with Crippen molar-refractivity contribution in [3.63, 3.8) is 0 Å². The molecule has 2 atom stereocenters. The van der Waals surface area contributed by atoms with Gasteiger partial charge in [0.2, 0.25) is 0 Å². The highest BCUT2D eigenvalue weighted by atomic mass is 16.5. The summed E-state index contributed by atoms with van der Waals surface area (Å²) >= 11 is 0. The molecule has 2 aromatic rings. The molecule has 24 heavy (non-hydrogen) atoms. The van der Waals surface area contributed by atoms with Crippen molar-refractivity contribution in [1.82, 2.24) is 0 Å². The molecule has 0 aliphatic rings. The smallest absolute Gasteiger partial charge is 0.265 e. The highest BCUT2D eigenvalue weighted by Crippen LogP contribution is 2.29. The number of para-hydroxylation sites is 3. The van der Waals surface area contributed by atoms with Gasteiger partial charge in [0.1, 0.15) is 11.5 Å². The van der Waals surface area contributed by atoms with Gasteiger partial charge in [0.25, 0.3) is 5.91 Å². The van der Waals surface area contributed by atoms with Gasteiger partial charge in [-0.2, -0.15) is 0 Å². The molecule has 128 valence electrons. The van der Waals surface area contributed by atoms with E-state index in [9.17, 15) is 4.79 Å². The Morgan fingerprint density at radius 2 is 1.67 bits per heavy atom. The van der Waals surface area contributed by atoms with E-state index in [0.717, 1.165) is 17.7 Å². The molecule has 0 aliphatic heterocycles. The van der Waals surface area contributed by atoms with Crippen LogP contribution in [-0.2, 0) is 4.79 Å². The quantitative estimate of drug-likeness (QED) is 0.807. The van der Waals surface area contributed by atoms with Crippen LogP contribution in [0.15, 0.2) is 48.5 Å². The summed E-state index contributed by atoms with van der Waals surface area (Å²) in [6.07, 6.45) is 0.405. The molecule has 0 saturated heterocycles. The lowest BCUT2D eigenvalue weighted by atomic mass is 9.98. The first-order valence-electron chi connectivity index (χ1n) is 8.26. The minimum Gasteiger partial charge on any atom is -0.495 e. The van der Waals surface area contributed by atoms with Crippen LogP contribution in [0.2, 0.25) is 0 Å². The van der Waals surface area contributed by atoms with E-state index in [2.05, 4.69) is 19.2 Å². The average molecular weight is 327 g/mol. The van der Waals surface area contributed by atoms with E-state index in [1.165, 1.54) is 0 Å². The maximum atomic E-state index is 12.4. The van der Waals surface area contributed by atoms with Crippen molar-refractivity contribution >= 4 is 11.6 Å². The molecule has 0 radical (unpaired) electrons. The lowest BCUT2D eigenvalue weighted by molar-refractivity contribution is -0.122. The van der Waals surface area contributed by atoms with Crippen LogP contribution in [0.25, 0.3) is 0 Å². The minimum absolute atomic E-state index is 0.210. The third-order valence-corrected chi connectivity index (χ3v) is 4.10. The van der Waals surface area contributed by atoms with Crippen molar-refractivity contribution in [3.8, 4) is 11.5 Å². The molecule has 4 nitrogen and oxygen atoms in total. The normalized spacial score (nSPS) is 13.0. The first-order chi connectivity index (χ1) is 11.6. The van der Waals surface area contributed by atoms with E-state index in [0.29, 0.717) is 17.4 Å². The number of rotatable bonds is 7. The van der Waals surface area contributed by atoms with Crippen LogP contribution in [-0.4, -0.2) is 19.1 Å². The Morgan fingerprint density at radius 1 is 1.04 bits per heavy atom. The van der Waals surface area contributed by atoms with Crippen molar-refractivity contribution in [2.75, 3.05) is 12.4 Å². The summed E-state index contributed by atoms with van der Waals surface area (Å²) < 4.78 is 11.2. The number of methoxy groups -OCH3 is 1. The summed E-state index contributed by atoms with van der Waals surface area (Å²) in [5, 5.41) is 2.86. The monoisotopic (exact) mass is 327 g/mol. The SMILES string of the molecule is CCC(C)c1ccccc1OC(C)C(=O)Nc1ccccc1OC. The summed E-state index contributed by atoms with van der Waals surface area (Å²) in [5.74, 6) is 1.55. The van der Waals surface area contributed by atoms with Crippen molar-refractivity contribution in [2.45, 2.75) is 39.2 Å². The Labute approximate surface area is 143 Å². The number of carbonyl (C=O) groups is 1. The second kappa shape index (κ2) is 8.39. The highest BCUT2D eigenvalue weighted by Gasteiger charge is 2.19. The van der Waals surface area contributed by atoms with Crippen LogP contribution in [0.1, 0.15) is 38.7 Å². The molecule has 2 aromatic carbocycles. The minimum atomic E-state index is -0.611. The lowest BCUT2D eigenvalue weighted by Gasteiger charge is -2.20. The molecule has 0 aliphatic carbocycles. The predicted molar refractivity (Wildman–Crippen MR) is 96.9 cm³/mol. The summed E-state index contributed by atoms with van der Waals surface area (Å²) in [4.78, 5) is 12.4. The summed E-state index contributed by atoms with van der Waals surface area (Å²) in [5.41, 5.74) is 1.76. The van der Waals surface area contributed by atoms with Gasteiger partial charge in [-0.1, -0.05) is 44.2 Å². The molecular weight excluding hydrogens is 302 g/mol. The largest absolute Gasteiger partial charge is 0.495 e. The Balaban J connectivity index is 2.10. The maximum absolute atomic E-state index is 12.4. The molecule has 0 spiro atoms. The van der Waals surface area contributed by atoms with Crippen LogP contribution in [0.4, 0.5) is 5.69 Å². The van der Waals surface area contributed by atoms with Crippen molar-refractivity contribution < 1.29 is 14.3 Å². The predicted octanol–water partition coefficient (Wildman–Crippen LogP) is 4.61. The van der Waals surface area contributed by atoms with Gasteiger partial charge in [-0.3, -0.25) is 4.79 Å². The average Bonchev–Trinajstić information content (AvgIpc) is 2.61. The Morgan fingerprint density at radius 3 is 2.33 bits per heavy atom. The first-order valence-corrected chi connectivity index (χ1v) is 8.26. The first kappa shape index (κ1) is 17.9. The zero-order valence-electron chi connectivity index (χ0n) is 14.7. The molecule has 0 saturated carbocycles. The van der Waals surface area contributed by atoms with Crippen LogP contribution >= 0.6 is 0 Å². The summed E-state index contributed by atoms with van der Waals surface area (Å²) in [6, 6.07) is 15.2. The number of hydrogen-bond acceptors (Lipinski definition) is 3. The number of nitrogens with one attached hydrogen (secondary N) is 1. The molecule has 4 heteroatoms. The van der Waals surface area contributed by atoms with Crippen LogP contribution in [0.5, 0.6) is 11.5 Å². The van der Waals surface area contributed by atoms with E-state index < -0.39 is 6.10 Å².